The number of aromatic nitrogens is 4. The van der Waals surface area contributed by atoms with Gasteiger partial charge in [-0.25, -0.2) is 9.37 Å². The van der Waals surface area contributed by atoms with Gasteiger partial charge in [0.1, 0.15) is 23.9 Å². The van der Waals surface area contributed by atoms with Crippen LogP contribution in [0.15, 0.2) is 85.1 Å². The van der Waals surface area contributed by atoms with Gasteiger partial charge < -0.3 is 9.84 Å². The Balaban J connectivity index is 1.53. The Hall–Kier alpha value is -4.10. The van der Waals surface area contributed by atoms with Crippen molar-refractivity contribution in [3.05, 3.63) is 108 Å². The topological polar surface area (TPSA) is 73.1 Å². The molecule has 0 radical (unpaired) electrons. The number of pyridine rings is 1. The zero-order chi connectivity index (χ0) is 28.5. The molecule has 0 fully saturated rings. The van der Waals surface area contributed by atoms with Gasteiger partial charge in [-0.15, -0.1) is 0 Å². The van der Waals surface area contributed by atoms with Crippen molar-refractivity contribution in [2.45, 2.75) is 59.3 Å². The summed E-state index contributed by atoms with van der Waals surface area (Å²) in [4.78, 5) is 6.18. The third-order valence-corrected chi connectivity index (χ3v) is 6.77. The minimum Gasteiger partial charge on any atom is -0.487 e. The first-order valence-electron chi connectivity index (χ1n) is 13.5. The first-order chi connectivity index (χ1) is 19.0. The smallest absolute Gasteiger partial charge is 0.130 e. The molecular formula is C33H35FN4O2. The number of fused-ring (bicyclic) bond motifs is 1. The predicted molar refractivity (Wildman–Crippen MR) is 156 cm³/mol. The standard InChI is InChI=1S/C33H35FN4O2/c1-32(2,3)31(22-9-7-6-8-10-22)28-18-26(14-15-27(28)30-19-35-38(37-30)21-33(4,5)39)40-20-25-13-11-23-17-24(34)12-16-29(23)36-25/h6-19,31,39H,20-21H2,1-5H3. The van der Waals surface area contributed by atoms with Crippen molar-refractivity contribution in [1.29, 1.82) is 0 Å². The van der Waals surface area contributed by atoms with Gasteiger partial charge in [-0.2, -0.15) is 15.0 Å². The molecule has 5 aromatic rings. The molecular weight excluding hydrogens is 503 g/mol. The van der Waals surface area contributed by atoms with E-state index in [2.05, 4.69) is 61.2 Å². The lowest BCUT2D eigenvalue weighted by Gasteiger charge is -2.33. The second kappa shape index (κ2) is 10.8. The molecule has 2 heterocycles. The Morgan fingerprint density at radius 1 is 0.925 bits per heavy atom. The molecule has 0 saturated carbocycles. The van der Waals surface area contributed by atoms with Gasteiger partial charge in [0.2, 0.25) is 0 Å². The van der Waals surface area contributed by atoms with E-state index in [1.165, 1.54) is 22.5 Å². The minimum absolute atomic E-state index is 0.0420. The second-order valence-corrected chi connectivity index (χ2v) is 12.0. The summed E-state index contributed by atoms with van der Waals surface area (Å²) in [6.45, 7) is 10.7. The van der Waals surface area contributed by atoms with Crippen molar-refractivity contribution >= 4 is 10.9 Å². The molecule has 0 aliphatic carbocycles. The SMILES string of the molecule is CC(C)(O)Cn1ncc(-c2ccc(OCc3ccc4cc(F)ccc4n3)cc2C(c2ccccc2)C(C)(C)C)n1. The second-order valence-electron chi connectivity index (χ2n) is 12.0. The molecule has 3 aromatic carbocycles. The zero-order valence-corrected chi connectivity index (χ0v) is 23.6. The summed E-state index contributed by atoms with van der Waals surface area (Å²) in [6, 6.07) is 24.8. The highest BCUT2D eigenvalue weighted by Crippen LogP contribution is 2.45. The van der Waals surface area contributed by atoms with Crippen LogP contribution in [0.3, 0.4) is 0 Å². The molecule has 0 amide bonds. The van der Waals surface area contributed by atoms with Crippen LogP contribution in [0.2, 0.25) is 0 Å². The lowest BCUT2D eigenvalue weighted by Crippen LogP contribution is -2.27. The average Bonchev–Trinajstić information content (AvgIpc) is 3.34. The van der Waals surface area contributed by atoms with E-state index in [1.807, 2.05) is 30.3 Å². The summed E-state index contributed by atoms with van der Waals surface area (Å²) < 4.78 is 19.8. The molecule has 0 saturated heterocycles. The van der Waals surface area contributed by atoms with E-state index in [0.29, 0.717) is 5.75 Å². The van der Waals surface area contributed by atoms with Gasteiger partial charge in [-0.1, -0.05) is 57.2 Å². The molecule has 1 atom stereocenters. The lowest BCUT2D eigenvalue weighted by molar-refractivity contribution is 0.0532. The van der Waals surface area contributed by atoms with Crippen LogP contribution in [0, 0.1) is 11.2 Å². The van der Waals surface area contributed by atoms with Crippen LogP contribution in [0.1, 0.15) is 57.4 Å². The number of aliphatic hydroxyl groups is 1. The van der Waals surface area contributed by atoms with Gasteiger partial charge in [-0.3, -0.25) is 0 Å². The predicted octanol–water partition coefficient (Wildman–Crippen LogP) is 7.16. The Morgan fingerprint density at radius 3 is 2.42 bits per heavy atom. The molecule has 6 nitrogen and oxygen atoms in total. The fraction of sp³-hybridized carbons (Fsp3) is 0.303. The van der Waals surface area contributed by atoms with Crippen molar-refractivity contribution < 1.29 is 14.2 Å². The molecule has 7 heteroatoms. The zero-order valence-electron chi connectivity index (χ0n) is 23.6. The summed E-state index contributed by atoms with van der Waals surface area (Å²) in [7, 11) is 0. The van der Waals surface area contributed by atoms with E-state index in [1.54, 1.807) is 26.1 Å². The lowest BCUT2D eigenvalue weighted by atomic mass is 9.71. The van der Waals surface area contributed by atoms with E-state index in [9.17, 15) is 9.50 Å². The number of hydrogen-bond acceptors (Lipinski definition) is 5. The number of nitrogens with zero attached hydrogens (tertiary/aromatic N) is 4. The Bertz CT molecular complexity index is 1620. The van der Waals surface area contributed by atoms with Crippen molar-refractivity contribution in [2.24, 2.45) is 5.41 Å². The van der Waals surface area contributed by atoms with Gasteiger partial charge >= 0.3 is 0 Å². The highest BCUT2D eigenvalue weighted by molar-refractivity contribution is 5.78. The number of halogens is 1. The van der Waals surface area contributed by atoms with E-state index in [0.717, 1.165) is 33.4 Å². The minimum atomic E-state index is -0.931. The maximum atomic E-state index is 13.6. The van der Waals surface area contributed by atoms with Crippen LogP contribution in [0.4, 0.5) is 4.39 Å². The third-order valence-electron chi connectivity index (χ3n) is 6.77. The molecule has 206 valence electrons. The van der Waals surface area contributed by atoms with Gasteiger partial charge in [0.25, 0.3) is 0 Å². The molecule has 5 rings (SSSR count). The molecule has 0 aliphatic rings. The summed E-state index contributed by atoms with van der Waals surface area (Å²) in [5, 5.41) is 20.2. The fourth-order valence-electron chi connectivity index (χ4n) is 5.11. The number of hydrogen-bond donors (Lipinski definition) is 1. The van der Waals surface area contributed by atoms with Crippen molar-refractivity contribution in [3.8, 4) is 17.0 Å². The molecule has 1 N–H and O–H groups in total. The van der Waals surface area contributed by atoms with Crippen LogP contribution < -0.4 is 4.74 Å². The largest absolute Gasteiger partial charge is 0.487 e. The molecule has 1 unspecified atom stereocenters. The first-order valence-corrected chi connectivity index (χ1v) is 13.5. The van der Waals surface area contributed by atoms with Gasteiger partial charge in [0, 0.05) is 16.9 Å². The van der Waals surface area contributed by atoms with E-state index in [4.69, 9.17) is 9.84 Å². The maximum absolute atomic E-state index is 13.6. The van der Waals surface area contributed by atoms with Gasteiger partial charge in [0.05, 0.1) is 29.6 Å². The van der Waals surface area contributed by atoms with E-state index >= 15 is 0 Å². The Morgan fingerprint density at radius 2 is 1.70 bits per heavy atom. The quantitative estimate of drug-likeness (QED) is 0.227. The summed E-state index contributed by atoms with van der Waals surface area (Å²) in [5.41, 5.74) is 4.41. The Labute approximate surface area is 234 Å². The summed E-state index contributed by atoms with van der Waals surface area (Å²) >= 11 is 0. The van der Waals surface area contributed by atoms with E-state index in [-0.39, 0.29) is 30.3 Å². The summed E-state index contributed by atoms with van der Waals surface area (Å²) in [6.07, 6.45) is 1.75. The third kappa shape index (κ3) is 6.37. The van der Waals surface area contributed by atoms with Crippen LogP contribution in [0.5, 0.6) is 5.75 Å². The normalized spacial score (nSPS) is 13.0. The number of benzene rings is 3. The van der Waals surface area contributed by atoms with Crippen LogP contribution in [0.25, 0.3) is 22.2 Å². The van der Waals surface area contributed by atoms with Crippen LogP contribution in [-0.4, -0.2) is 30.7 Å². The van der Waals surface area contributed by atoms with Crippen molar-refractivity contribution in [1.82, 2.24) is 20.0 Å². The van der Waals surface area contributed by atoms with Crippen LogP contribution >= 0.6 is 0 Å². The fourth-order valence-corrected chi connectivity index (χ4v) is 5.11. The Kier molecular flexibility index (Phi) is 7.43. The number of rotatable bonds is 8. The monoisotopic (exact) mass is 538 g/mol. The molecule has 0 bridgehead atoms. The summed E-state index contributed by atoms with van der Waals surface area (Å²) in [5.74, 6) is 0.479. The van der Waals surface area contributed by atoms with Gasteiger partial charge in [-0.05, 0) is 72.9 Å². The highest BCUT2D eigenvalue weighted by Gasteiger charge is 2.31. The molecule has 40 heavy (non-hydrogen) atoms. The first kappa shape index (κ1) is 27.5. The van der Waals surface area contributed by atoms with Crippen LogP contribution in [-0.2, 0) is 13.2 Å². The maximum Gasteiger partial charge on any atom is 0.130 e. The van der Waals surface area contributed by atoms with Crippen molar-refractivity contribution in [3.63, 3.8) is 0 Å². The van der Waals surface area contributed by atoms with Crippen molar-refractivity contribution in [2.75, 3.05) is 0 Å². The average molecular weight is 539 g/mol. The molecule has 2 aromatic heterocycles. The highest BCUT2D eigenvalue weighted by atomic mass is 19.1. The molecule has 0 spiro atoms. The van der Waals surface area contributed by atoms with Gasteiger partial charge in [0.15, 0.2) is 0 Å². The van der Waals surface area contributed by atoms with E-state index < -0.39 is 5.60 Å². The molecule has 0 aliphatic heterocycles. The number of ether oxygens (including phenoxy) is 1.